The molecule has 9 heteroatoms. The standard InChI is InChI=1S/C15H22N4O4S/c1-10-8-13(19-5-2-11(3-6-19)14(20)21)18-15(16-10)17-12-4-7-24(22,23)9-12/h8,11-12H,2-7,9H2,1H3,(H,20,21)(H,16,17,18). The van der Waals surface area contributed by atoms with Gasteiger partial charge in [0.05, 0.1) is 17.4 Å². The van der Waals surface area contributed by atoms with Gasteiger partial charge in [-0.2, -0.15) is 4.98 Å². The first-order chi connectivity index (χ1) is 11.3. The van der Waals surface area contributed by atoms with E-state index < -0.39 is 15.8 Å². The molecule has 3 heterocycles. The highest BCUT2D eigenvalue weighted by Gasteiger charge is 2.29. The molecule has 0 spiro atoms. The Kier molecular flexibility index (Phi) is 4.62. The molecular weight excluding hydrogens is 332 g/mol. The largest absolute Gasteiger partial charge is 0.481 e. The Morgan fingerprint density at radius 1 is 1.29 bits per heavy atom. The number of carbonyl (C=O) groups is 1. The molecule has 1 aromatic rings. The molecule has 0 bridgehead atoms. The molecule has 2 aliphatic rings. The molecule has 2 aliphatic heterocycles. The predicted molar refractivity (Wildman–Crippen MR) is 90.0 cm³/mol. The third-order valence-electron chi connectivity index (χ3n) is 4.57. The molecule has 8 nitrogen and oxygen atoms in total. The second-order valence-electron chi connectivity index (χ2n) is 6.53. The summed E-state index contributed by atoms with van der Waals surface area (Å²) in [4.78, 5) is 22.0. The van der Waals surface area contributed by atoms with Crippen LogP contribution in [0.4, 0.5) is 11.8 Å². The summed E-state index contributed by atoms with van der Waals surface area (Å²) in [6.45, 7) is 3.15. The van der Waals surface area contributed by atoms with E-state index in [0.717, 1.165) is 11.5 Å². The van der Waals surface area contributed by atoms with Crippen LogP contribution in [0.3, 0.4) is 0 Å². The lowest BCUT2D eigenvalue weighted by Gasteiger charge is -2.31. The fourth-order valence-electron chi connectivity index (χ4n) is 3.23. The second kappa shape index (κ2) is 6.54. The van der Waals surface area contributed by atoms with Gasteiger partial charge < -0.3 is 15.3 Å². The first-order valence-corrected chi connectivity index (χ1v) is 9.95. The number of hydrogen-bond donors (Lipinski definition) is 2. The molecule has 1 aromatic heterocycles. The van der Waals surface area contributed by atoms with Crippen molar-refractivity contribution in [2.75, 3.05) is 34.8 Å². The Morgan fingerprint density at radius 2 is 2.00 bits per heavy atom. The van der Waals surface area contributed by atoms with Gasteiger partial charge >= 0.3 is 5.97 Å². The second-order valence-corrected chi connectivity index (χ2v) is 8.76. The Bertz CT molecular complexity index is 729. The van der Waals surface area contributed by atoms with Gasteiger partial charge in [0, 0.05) is 30.9 Å². The SMILES string of the molecule is Cc1cc(N2CCC(C(=O)O)CC2)nc(NC2CCS(=O)(=O)C2)n1. The highest BCUT2D eigenvalue weighted by Crippen LogP contribution is 2.24. The lowest BCUT2D eigenvalue weighted by atomic mass is 9.97. The van der Waals surface area contributed by atoms with E-state index in [2.05, 4.69) is 20.2 Å². The summed E-state index contributed by atoms with van der Waals surface area (Å²) >= 11 is 0. The van der Waals surface area contributed by atoms with Gasteiger partial charge in [-0.3, -0.25) is 4.79 Å². The van der Waals surface area contributed by atoms with Crippen LogP contribution in [0.5, 0.6) is 0 Å². The predicted octanol–water partition coefficient (Wildman–Crippen LogP) is 0.685. The molecule has 132 valence electrons. The average molecular weight is 354 g/mol. The summed E-state index contributed by atoms with van der Waals surface area (Å²) in [7, 11) is -2.95. The van der Waals surface area contributed by atoms with E-state index in [9.17, 15) is 13.2 Å². The fourth-order valence-corrected chi connectivity index (χ4v) is 4.90. The highest BCUT2D eigenvalue weighted by atomic mass is 32.2. The number of piperidine rings is 1. The van der Waals surface area contributed by atoms with Crippen LogP contribution >= 0.6 is 0 Å². The van der Waals surface area contributed by atoms with Gasteiger partial charge in [-0.25, -0.2) is 13.4 Å². The van der Waals surface area contributed by atoms with Crippen molar-refractivity contribution in [3.8, 4) is 0 Å². The van der Waals surface area contributed by atoms with Crippen molar-refractivity contribution >= 4 is 27.6 Å². The monoisotopic (exact) mass is 354 g/mol. The number of sulfone groups is 1. The first-order valence-electron chi connectivity index (χ1n) is 8.13. The Morgan fingerprint density at radius 3 is 2.58 bits per heavy atom. The molecule has 0 radical (unpaired) electrons. The first kappa shape index (κ1) is 16.9. The van der Waals surface area contributed by atoms with E-state index >= 15 is 0 Å². The molecule has 3 rings (SSSR count). The number of anilines is 2. The van der Waals surface area contributed by atoms with Crippen LogP contribution in [0, 0.1) is 12.8 Å². The van der Waals surface area contributed by atoms with Crippen molar-refractivity contribution in [3.05, 3.63) is 11.8 Å². The van der Waals surface area contributed by atoms with E-state index in [1.807, 2.05) is 13.0 Å². The number of aromatic nitrogens is 2. The Balaban J connectivity index is 1.69. The molecule has 0 amide bonds. The summed E-state index contributed by atoms with van der Waals surface area (Å²) in [6.07, 6.45) is 1.77. The molecule has 2 saturated heterocycles. The molecule has 24 heavy (non-hydrogen) atoms. The lowest BCUT2D eigenvalue weighted by molar-refractivity contribution is -0.142. The van der Waals surface area contributed by atoms with Crippen molar-refractivity contribution in [2.24, 2.45) is 5.92 Å². The van der Waals surface area contributed by atoms with Crippen LogP contribution in [0.2, 0.25) is 0 Å². The van der Waals surface area contributed by atoms with Crippen molar-refractivity contribution in [3.63, 3.8) is 0 Å². The van der Waals surface area contributed by atoms with Crippen LogP contribution in [-0.2, 0) is 14.6 Å². The zero-order valence-corrected chi connectivity index (χ0v) is 14.4. The van der Waals surface area contributed by atoms with E-state index in [1.165, 1.54) is 0 Å². The molecule has 2 fully saturated rings. The van der Waals surface area contributed by atoms with Gasteiger partial charge in [0.2, 0.25) is 5.95 Å². The van der Waals surface area contributed by atoms with Crippen molar-refractivity contribution < 1.29 is 18.3 Å². The van der Waals surface area contributed by atoms with Crippen LogP contribution < -0.4 is 10.2 Å². The number of nitrogens with zero attached hydrogens (tertiary/aromatic N) is 3. The minimum absolute atomic E-state index is 0.115. The average Bonchev–Trinajstić information content (AvgIpc) is 2.85. The Hall–Kier alpha value is -1.90. The molecule has 1 unspecified atom stereocenters. The maximum Gasteiger partial charge on any atom is 0.306 e. The van der Waals surface area contributed by atoms with E-state index in [4.69, 9.17) is 5.11 Å². The molecule has 1 atom stereocenters. The summed E-state index contributed by atoms with van der Waals surface area (Å²) in [6, 6.07) is 1.72. The number of carboxylic acid groups (broad SMARTS) is 1. The number of hydrogen-bond acceptors (Lipinski definition) is 7. The topological polar surface area (TPSA) is 112 Å². The number of carboxylic acids is 1. The van der Waals surface area contributed by atoms with Gasteiger partial charge in [0.1, 0.15) is 5.82 Å². The van der Waals surface area contributed by atoms with Crippen LogP contribution in [0.15, 0.2) is 6.07 Å². The number of aliphatic carboxylic acids is 1. The van der Waals surface area contributed by atoms with Crippen LogP contribution in [0.1, 0.15) is 25.0 Å². The van der Waals surface area contributed by atoms with E-state index in [-0.39, 0.29) is 23.5 Å². The minimum Gasteiger partial charge on any atom is -0.481 e. The number of nitrogens with one attached hydrogen (secondary N) is 1. The van der Waals surface area contributed by atoms with Gasteiger partial charge in [-0.15, -0.1) is 0 Å². The Labute approximate surface area is 141 Å². The number of rotatable bonds is 4. The van der Waals surface area contributed by atoms with E-state index in [1.54, 1.807) is 0 Å². The quantitative estimate of drug-likeness (QED) is 0.812. The maximum absolute atomic E-state index is 11.6. The zero-order chi connectivity index (χ0) is 17.3. The van der Waals surface area contributed by atoms with Crippen LogP contribution in [-0.4, -0.2) is 60.1 Å². The summed E-state index contributed by atoms with van der Waals surface area (Å²) in [5.74, 6) is 0.487. The van der Waals surface area contributed by atoms with Gasteiger partial charge in [0.25, 0.3) is 0 Å². The smallest absolute Gasteiger partial charge is 0.306 e. The minimum atomic E-state index is -2.95. The molecule has 0 aliphatic carbocycles. The summed E-state index contributed by atoms with van der Waals surface area (Å²) in [5.41, 5.74) is 0.795. The normalized spacial score (nSPS) is 24.0. The van der Waals surface area contributed by atoms with Crippen molar-refractivity contribution in [1.29, 1.82) is 0 Å². The lowest BCUT2D eigenvalue weighted by Crippen LogP contribution is -2.37. The van der Waals surface area contributed by atoms with Crippen molar-refractivity contribution in [2.45, 2.75) is 32.2 Å². The zero-order valence-electron chi connectivity index (χ0n) is 13.6. The van der Waals surface area contributed by atoms with Crippen molar-refractivity contribution in [1.82, 2.24) is 9.97 Å². The van der Waals surface area contributed by atoms with Gasteiger partial charge in [-0.05, 0) is 26.2 Å². The maximum atomic E-state index is 11.6. The molecule has 0 saturated carbocycles. The highest BCUT2D eigenvalue weighted by molar-refractivity contribution is 7.91. The molecule has 2 N–H and O–H groups in total. The van der Waals surface area contributed by atoms with E-state index in [0.29, 0.717) is 38.3 Å². The third-order valence-corrected chi connectivity index (χ3v) is 6.34. The fraction of sp³-hybridized carbons (Fsp3) is 0.667. The molecule has 0 aromatic carbocycles. The summed E-state index contributed by atoms with van der Waals surface area (Å²) in [5, 5.41) is 12.2. The van der Waals surface area contributed by atoms with Gasteiger partial charge in [-0.1, -0.05) is 0 Å². The van der Waals surface area contributed by atoms with Crippen LogP contribution in [0.25, 0.3) is 0 Å². The number of aryl methyl sites for hydroxylation is 1. The molecular formula is C15H22N4O4S. The van der Waals surface area contributed by atoms with Gasteiger partial charge in [0.15, 0.2) is 9.84 Å². The third kappa shape index (κ3) is 3.95. The summed E-state index contributed by atoms with van der Waals surface area (Å²) < 4.78 is 23.1.